The van der Waals surface area contributed by atoms with Gasteiger partial charge in [0.1, 0.15) is 10.5 Å². The fraction of sp³-hybridized carbons (Fsp3) is 0.333. The molecular formula is C15H18N2S. The Morgan fingerprint density at radius 2 is 1.72 bits per heavy atom. The second-order valence-electron chi connectivity index (χ2n) is 5.55. The van der Waals surface area contributed by atoms with Gasteiger partial charge < -0.3 is 4.98 Å². The third kappa shape index (κ3) is 2.85. The van der Waals surface area contributed by atoms with Crippen LogP contribution in [0.25, 0.3) is 11.3 Å². The summed E-state index contributed by atoms with van der Waals surface area (Å²) >= 11 is 5.14. The Kier molecular flexibility index (Phi) is 3.35. The van der Waals surface area contributed by atoms with E-state index in [0.717, 1.165) is 17.1 Å². The maximum absolute atomic E-state index is 5.14. The highest BCUT2D eigenvalue weighted by Crippen LogP contribution is 2.25. The first kappa shape index (κ1) is 13.0. The van der Waals surface area contributed by atoms with E-state index in [1.165, 1.54) is 5.56 Å². The molecule has 2 nitrogen and oxygen atoms in total. The van der Waals surface area contributed by atoms with E-state index in [4.69, 9.17) is 12.2 Å². The molecule has 0 aliphatic rings. The minimum atomic E-state index is 0.180. The number of nitrogens with zero attached hydrogens (tertiary/aromatic N) is 1. The molecule has 0 aliphatic heterocycles. The van der Waals surface area contributed by atoms with Crippen LogP contribution in [0.1, 0.15) is 32.2 Å². The maximum atomic E-state index is 5.14. The molecule has 0 unspecified atom stereocenters. The van der Waals surface area contributed by atoms with E-state index in [0.29, 0.717) is 4.64 Å². The highest BCUT2D eigenvalue weighted by molar-refractivity contribution is 7.71. The van der Waals surface area contributed by atoms with Gasteiger partial charge in [0.05, 0.1) is 0 Å². The van der Waals surface area contributed by atoms with E-state index in [1.807, 2.05) is 13.0 Å². The van der Waals surface area contributed by atoms with Crippen LogP contribution in [0.2, 0.25) is 0 Å². The molecule has 0 spiro atoms. The lowest BCUT2D eigenvalue weighted by Gasteiger charge is -2.19. The van der Waals surface area contributed by atoms with Gasteiger partial charge in [0.25, 0.3) is 0 Å². The van der Waals surface area contributed by atoms with Crippen LogP contribution in [0.4, 0.5) is 0 Å². The number of aromatic amines is 1. The highest BCUT2D eigenvalue weighted by atomic mass is 32.1. The largest absolute Gasteiger partial charge is 0.343 e. The molecule has 0 bridgehead atoms. The quantitative estimate of drug-likeness (QED) is 0.767. The molecule has 1 heterocycles. The summed E-state index contributed by atoms with van der Waals surface area (Å²) in [7, 11) is 0. The van der Waals surface area contributed by atoms with Crippen molar-refractivity contribution in [2.75, 3.05) is 0 Å². The first-order chi connectivity index (χ1) is 8.36. The number of nitrogens with one attached hydrogen (secondary N) is 1. The zero-order valence-corrected chi connectivity index (χ0v) is 12.1. The lowest BCUT2D eigenvalue weighted by molar-refractivity contribution is 0.590. The Morgan fingerprint density at radius 1 is 1.11 bits per heavy atom. The monoisotopic (exact) mass is 258 g/mol. The Morgan fingerprint density at radius 3 is 2.22 bits per heavy atom. The van der Waals surface area contributed by atoms with Crippen LogP contribution in [0.15, 0.2) is 30.3 Å². The van der Waals surface area contributed by atoms with Crippen LogP contribution in [0, 0.1) is 11.6 Å². The van der Waals surface area contributed by atoms with Crippen LogP contribution < -0.4 is 0 Å². The second kappa shape index (κ2) is 4.65. The molecule has 94 valence electrons. The molecule has 18 heavy (non-hydrogen) atoms. The lowest BCUT2D eigenvalue weighted by atomic mass is 9.86. The van der Waals surface area contributed by atoms with Gasteiger partial charge in [0.2, 0.25) is 0 Å². The average molecular weight is 258 g/mol. The number of rotatable bonds is 1. The van der Waals surface area contributed by atoms with Crippen molar-refractivity contribution in [2.45, 2.75) is 33.1 Å². The topological polar surface area (TPSA) is 28.7 Å². The van der Waals surface area contributed by atoms with Gasteiger partial charge in [-0.25, -0.2) is 4.98 Å². The maximum Gasteiger partial charge on any atom is 0.130 e. The average Bonchev–Trinajstić information content (AvgIpc) is 2.27. The van der Waals surface area contributed by atoms with E-state index in [1.54, 1.807) is 0 Å². The second-order valence-corrected chi connectivity index (χ2v) is 5.96. The van der Waals surface area contributed by atoms with Crippen LogP contribution in [-0.2, 0) is 5.41 Å². The third-order valence-electron chi connectivity index (χ3n) is 2.92. The minimum Gasteiger partial charge on any atom is -0.343 e. The van der Waals surface area contributed by atoms with Gasteiger partial charge in [-0.2, -0.15) is 0 Å². The summed E-state index contributed by atoms with van der Waals surface area (Å²) in [4.78, 5) is 7.42. The minimum absolute atomic E-state index is 0.180. The Labute approximate surface area is 113 Å². The van der Waals surface area contributed by atoms with Crippen LogP contribution in [0.5, 0.6) is 0 Å². The predicted octanol–water partition coefficient (Wildman–Crippen LogP) is 4.41. The Hall–Kier alpha value is -1.48. The first-order valence-electron chi connectivity index (χ1n) is 6.05. The van der Waals surface area contributed by atoms with Gasteiger partial charge in [-0.15, -0.1) is 0 Å². The van der Waals surface area contributed by atoms with Crippen molar-refractivity contribution in [3.05, 3.63) is 46.4 Å². The van der Waals surface area contributed by atoms with Crippen molar-refractivity contribution in [3.63, 3.8) is 0 Å². The molecule has 0 fully saturated rings. The molecule has 1 aromatic heterocycles. The van der Waals surface area contributed by atoms with Crippen molar-refractivity contribution in [3.8, 4) is 11.3 Å². The zero-order chi connectivity index (χ0) is 13.3. The molecule has 0 saturated heterocycles. The van der Waals surface area contributed by atoms with Gasteiger partial charge >= 0.3 is 0 Å². The summed E-state index contributed by atoms with van der Waals surface area (Å²) in [5.41, 5.74) is 3.67. The van der Waals surface area contributed by atoms with E-state index in [9.17, 15) is 0 Å². The van der Waals surface area contributed by atoms with Crippen molar-refractivity contribution in [1.82, 2.24) is 9.97 Å². The first-order valence-corrected chi connectivity index (χ1v) is 6.46. The van der Waals surface area contributed by atoms with E-state index in [-0.39, 0.29) is 5.41 Å². The molecule has 0 aliphatic carbocycles. The summed E-state index contributed by atoms with van der Waals surface area (Å²) in [6.07, 6.45) is 0. The van der Waals surface area contributed by atoms with Gasteiger partial charge in [0.15, 0.2) is 0 Å². The molecule has 2 rings (SSSR count). The number of benzene rings is 1. The number of hydrogen-bond donors (Lipinski definition) is 1. The van der Waals surface area contributed by atoms with Gasteiger partial charge in [0, 0.05) is 5.69 Å². The predicted molar refractivity (Wildman–Crippen MR) is 78.3 cm³/mol. The summed E-state index contributed by atoms with van der Waals surface area (Å²) in [6, 6.07) is 10.5. The fourth-order valence-corrected chi connectivity index (χ4v) is 2.14. The zero-order valence-electron chi connectivity index (χ0n) is 11.2. The smallest absolute Gasteiger partial charge is 0.130 e. The number of H-pyrrole nitrogens is 1. The van der Waals surface area contributed by atoms with Crippen LogP contribution in [-0.4, -0.2) is 9.97 Å². The normalized spacial score (nSPS) is 11.6. The molecule has 3 heteroatoms. The lowest BCUT2D eigenvalue weighted by Crippen LogP contribution is -2.10. The van der Waals surface area contributed by atoms with Gasteiger partial charge in [-0.1, -0.05) is 57.3 Å². The third-order valence-corrected chi connectivity index (χ3v) is 3.13. The van der Waals surface area contributed by atoms with Gasteiger partial charge in [-0.05, 0) is 29.5 Å². The van der Waals surface area contributed by atoms with E-state index >= 15 is 0 Å². The van der Waals surface area contributed by atoms with Crippen molar-refractivity contribution in [2.24, 2.45) is 0 Å². The van der Waals surface area contributed by atoms with E-state index < -0.39 is 0 Å². The summed E-state index contributed by atoms with van der Waals surface area (Å²) in [5, 5.41) is 0. The molecule has 0 amide bonds. The molecule has 1 aromatic carbocycles. The summed E-state index contributed by atoms with van der Waals surface area (Å²) in [6.45, 7) is 8.56. The highest BCUT2D eigenvalue weighted by Gasteiger charge is 2.13. The van der Waals surface area contributed by atoms with Gasteiger partial charge in [-0.3, -0.25) is 0 Å². The molecule has 0 radical (unpaired) electrons. The van der Waals surface area contributed by atoms with Crippen molar-refractivity contribution < 1.29 is 0 Å². The number of hydrogen-bond acceptors (Lipinski definition) is 2. The Bertz CT molecular complexity index is 604. The number of aromatic nitrogens is 2. The van der Waals surface area contributed by atoms with Crippen LogP contribution >= 0.6 is 12.2 Å². The molecule has 0 saturated carbocycles. The molecule has 0 atom stereocenters. The SMILES string of the molecule is Cc1nc(=S)cc(-c2ccc(C(C)(C)C)cc2)[nH]1. The van der Waals surface area contributed by atoms with Crippen molar-refractivity contribution >= 4 is 12.2 Å². The molecular weight excluding hydrogens is 240 g/mol. The molecule has 1 N–H and O–H groups in total. The fourth-order valence-electron chi connectivity index (χ4n) is 1.89. The summed E-state index contributed by atoms with van der Waals surface area (Å²) in [5.74, 6) is 0.845. The van der Waals surface area contributed by atoms with Crippen LogP contribution in [0.3, 0.4) is 0 Å². The number of aryl methyl sites for hydroxylation is 1. The molecule has 2 aromatic rings. The van der Waals surface area contributed by atoms with E-state index in [2.05, 4.69) is 55.0 Å². The summed E-state index contributed by atoms with van der Waals surface area (Å²) < 4.78 is 0.626. The van der Waals surface area contributed by atoms with Crippen molar-refractivity contribution in [1.29, 1.82) is 0 Å². The Balaban J connectivity index is 2.43. The standard InChI is InChI=1S/C15H18N2S/c1-10-16-13(9-14(18)17-10)11-5-7-12(8-6-11)15(2,3)4/h5-9H,1-4H3,(H,16,17,18).